The van der Waals surface area contributed by atoms with Gasteiger partial charge in [-0.3, -0.25) is 0 Å². The summed E-state index contributed by atoms with van der Waals surface area (Å²) in [5, 5.41) is 40.4. The SMILES string of the molecule is CCC(O)CNC(C)(C)CCOC(C)(C)CCN(CCC(C)(C)OCCC(C)(C)NCC(O)CC)CCC(C)(I)OCCC(C)(C)NCC(O)CC. The van der Waals surface area contributed by atoms with Crippen LogP contribution in [-0.4, -0.2) is 129 Å². The van der Waals surface area contributed by atoms with Crippen LogP contribution < -0.4 is 16.0 Å². The van der Waals surface area contributed by atoms with Gasteiger partial charge in [-0.15, -0.1) is 0 Å². The van der Waals surface area contributed by atoms with E-state index in [9.17, 15) is 15.3 Å². The molecule has 10 nitrogen and oxygen atoms in total. The lowest BCUT2D eigenvalue weighted by atomic mass is 9.99. The summed E-state index contributed by atoms with van der Waals surface area (Å²) < 4.78 is 19.1. The van der Waals surface area contributed by atoms with Crippen LogP contribution in [0.5, 0.6) is 0 Å². The minimum absolute atomic E-state index is 0.112. The molecular formula is C41H87IN4O6. The van der Waals surface area contributed by atoms with Crippen molar-refractivity contribution in [2.45, 2.75) is 204 Å². The summed E-state index contributed by atoms with van der Waals surface area (Å²) in [6.45, 7) is 36.4. The molecule has 0 aliphatic heterocycles. The fraction of sp³-hybridized carbons (Fsp3) is 1.00. The topological polar surface area (TPSA) is 128 Å². The van der Waals surface area contributed by atoms with Gasteiger partial charge in [-0.25, -0.2) is 0 Å². The Kier molecular flexibility index (Phi) is 25.0. The number of aliphatic hydroxyl groups is 3. The van der Waals surface area contributed by atoms with Crippen LogP contribution in [0.3, 0.4) is 0 Å². The second-order valence-electron chi connectivity index (χ2n) is 18.5. The molecule has 0 heterocycles. The third kappa shape index (κ3) is 27.8. The van der Waals surface area contributed by atoms with Gasteiger partial charge in [0.15, 0.2) is 0 Å². The Labute approximate surface area is 335 Å². The molecule has 0 spiro atoms. The Morgan fingerprint density at radius 2 is 0.769 bits per heavy atom. The van der Waals surface area contributed by atoms with E-state index in [1.807, 2.05) is 20.8 Å². The van der Waals surface area contributed by atoms with Gasteiger partial charge in [-0.2, -0.15) is 0 Å². The molecule has 11 heteroatoms. The molecule has 0 aliphatic carbocycles. The van der Waals surface area contributed by atoms with Gasteiger partial charge in [-0.05, 0) is 157 Å². The van der Waals surface area contributed by atoms with Crippen molar-refractivity contribution in [3.05, 3.63) is 0 Å². The molecule has 52 heavy (non-hydrogen) atoms. The van der Waals surface area contributed by atoms with Crippen LogP contribution in [0, 0.1) is 0 Å². The predicted molar refractivity (Wildman–Crippen MR) is 228 cm³/mol. The van der Waals surface area contributed by atoms with Gasteiger partial charge in [-0.1, -0.05) is 20.8 Å². The molecular weight excluding hydrogens is 771 g/mol. The van der Waals surface area contributed by atoms with Gasteiger partial charge in [0.2, 0.25) is 0 Å². The van der Waals surface area contributed by atoms with Gasteiger partial charge in [0, 0.05) is 69.1 Å². The molecule has 0 aromatic carbocycles. The standard InChI is InChI=1S/C41H87IN4O6/c1-15-33(47)30-43-36(4,5)21-27-50-39(10,11)18-24-46(25-19-40(12,13)51-28-22-37(6,7)44-31-34(48)16-2)26-20-41(14,42)52-29-23-38(8,9)45-32-35(49)17-3/h33-35,43-45,47-49H,15-32H2,1-14H3. The summed E-state index contributed by atoms with van der Waals surface area (Å²) in [7, 11) is 0. The summed E-state index contributed by atoms with van der Waals surface area (Å²) in [5.41, 5.74) is -0.893. The number of hydrogen-bond donors (Lipinski definition) is 6. The number of halogens is 1. The van der Waals surface area contributed by atoms with E-state index in [1.54, 1.807) is 0 Å². The van der Waals surface area contributed by atoms with E-state index in [0.29, 0.717) is 39.5 Å². The lowest BCUT2D eigenvalue weighted by molar-refractivity contribution is -0.0466. The highest BCUT2D eigenvalue weighted by atomic mass is 127. The number of nitrogens with one attached hydrogen (secondary N) is 3. The molecule has 0 aliphatic rings. The molecule has 4 atom stereocenters. The second kappa shape index (κ2) is 24.9. The zero-order valence-corrected chi connectivity index (χ0v) is 38.5. The van der Waals surface area contributed by atoms with E-state index in [4.69, 9.17) is 14.2 Å². The summed E-state index contributed by atoms with van der Waals surface area (Å²) in [6, 6.07) is 0. The first-order valence-electron chi connectivity index (χ1n) is 20.4. The molecule has 0 amide bonds. The highest BCUT2D eigenvalue weighted by molar-refractivity contribution is 14.1. The lowest BCUT2D eigenvalue weighted by Gasteiger charge is -2.35. The summed E-state index contributed by atoms with van der Waals surface area (Å²) in [6.07, 6.45) is 6.56. The van der Waals surface area contributed by atoms with Crippen LogP contribution >= 0.6 is 22.6 Å². The van der Waals surface area contributed by atoms with Crippen molar-refractivity contribution in [3.8, 4) is 0 Å². The predicted octanol–water partition coefficient (Wildman–Crippen LogP) is 6.80. The maximum atomic E-state index is 9.99. The van der Waals surface area contributed by atoms with Crippen molar-refractivity contribution in [3.63, 3.8) is 0 Å². The third-order valence-electron chi connectivity index (χ3n) is 10.4. The molecule has 314 valence electrons. The molecule has 0 aromatic heterocycles. The maximum Gasteiger partial charge on any atom is 0.117 e. The average molecular weight is 859 g/mol. The minimum atomic E-state index is -0.324. The van der Waals surface area contributed by atoms with E-state index in [2.05, 4.69) is 120 Å². The van der Waals surface area contributed by atoms with E-state index >= 15 is 0 Å². The number of β-amino-alcohol motifs (C(OH)–C–C–N with tert-alkyl or cyclic N) is 3. The van der Waals surface area contributed by atoms with Crippen molar-refractivity contribution < 1.29 is 29.5 Å². The molecule has 0 saturated heterocycles. The Balaban J connectivity index is 5.33. The Hall–Kier alpha value is 0.330. The van der Waals surface area contributed by atoms with Gasteiger partial charge >= 0.3 is 0 Å². The van der Waals surface area contributed by atoms with E-state index in [-0.39, 0.29) is 49.7 Å². The Morgan fingerprint density at radius 3 is 1.08 bits per heavy atom. The molecule has 6 N–H and O–H groups in total. The Morgan fingerprint density at radius 1 is 0.481 bits per heavy atom. The summed E-state index contributed by atoms with van der Waals surface area (Å²) in [4.78, 5) is 2.55. The monoisotopic (exact) mass is 859 g/mol. The summed E-state index contributed by atoms with van der Waals surface area (Å²) in [5.74, 6) is 0. The van der Waals surface area contributed by atoms with E-state index < -0.39 is 0 Å². The zero-order chi connectivity index (χ0) is 40.3. The number of aliphatic hydroxyl groups excluding tert-OH is 3. The van der Waals surface area contributed by atoms with Crippen molar-refractivity contribution >= 4 is 22.6 Å². The highest BCUT2D eigenvalue weighted by Gasteiger charge is 2.29. The smallest absolute Gasteiger partial charge is 0.117 e. The number of hydrogen-bond acceptors (Lipinski definition) is 10. The lowest BCUT2D eigenvalue weighted by Crippen LogP contribution is -2.45. The fourth-order valence-corrected chi connectivity index (χ4v) is 5.79. The molecule has 4 unspecified atom stereocenters. The van der Waals surface area contributed by atoms with Gasteiger partial charge < -0.3 is 50.4 Å². The normalized spacial score (nSPS) is 16.7. The van der Waals surface area contributed by atoms with Crippen molar-refractivity contribution in [2.75, 3.05) is 59.1 Å². The van der Waals surface area contributed by atoms with Crippen molar-refractivity contribution in [2.24, 2.45) is 0 Å². The second-order valence-corrected chi connectivity index (χ2v) is 20.8. The molecule has 0 bridgehead atoms. The van der Waals surface area contributed by atoms with Gasteiger partial charge in [0.25, 0.3) is 0 Å². The zero-order valence-electron chi connectivity index (χ0n) is 36.4. The molecule has 0 radical (unpaired) electrons. The number of nitrogens with zero attached hydrogens (tertiary/aromatic N) is 1. The molecule has 0 fully saturated rings. The minimum Gasteiger partial charge on any atom is -0.392 e. The average Bonchev–Trinajstić information content (AvgIpc) is 3.04. The van der Waals surface area contributed by atoms with Crippen LogP contribution in [0.1, 0.15) is 155 Å². The first kappa shape index (κ1) is 52.3. The number of ether oxygens (including phenoxy) is 3. The quantitative estimate of drug-likeness (QED) is 0.0310. The highest BCUT2D eigenvalue weighted by Crippen LogP contribution is 2.27. The van der Waals surface area contributed by atoms with Crippen molar-refractivity contribution in [1.82, 2.24) is 20.9 Å². The first-order chi connectivity index (χ1) is 23.8. The van der Waals surface area contributed by atoms with Crippen LogP contribution in [0.4, 0.5) is 0 Å². The maximum absolute atomic E-state index is 9.99. The van der Waals surface area contributed by atoms with Gasteiger partial charge in [0.05, 0.1) is 36.1 Å². The molecule has 0 aromatic rings. The van der Waals surface area contributed by atoms with E-state index in [0.717, 1.165) is 77.4 Å². The van der Waals surface area contributed by atoms with Crippen LogP contribution in [0.15, 0.2) is 0 Å². The van der Waals surface area contributed by atoms with E-state index in [1.165, 1.54) is 0 Å². The van der Waals surface area contributed by atoms with Crippen LogP contribution in [0.25, 0.3) is 0 Å². The third-order valence-corrected chi connectivity index (χ3v) is 11.2. The van der Waals surface area contributed by atoms with Crippen LogP contribution in [-0.2, 0) is 14.2 Å². The van der Waals surface area contributed by atoms with Crippen LogP contribution in [0.2, 0.25) is 0 Å². The largest absolute Gasteiger partial charge is 0.392 e. The van der Waals surface area contributed by atoms with Gasteiger partial charge in [0.1, 0.15) is 3.61 Å². The molecule has 0 rings (SSSR count). The number of alkyl halides is 1. The number of rotatable bonds is 33. The Bertz CT molecular complexity index is 804. The summed E-state index contributed by atoms with van der Waals surface area (Å²) >= 11 is 2.46. The van der Waals surface area contributed by atoms with Crippen molar-refractivity contribution in [1.29, 1.82) is 0 Å². The molecule has 0 saturated carbocycles. The fourth-order valence-electron chi connectivity index (χ4n) is 5.33. The first-order valence-corrected chi connectivity index (χ1v) is 21.5.